The van der Waals surface area contributed by atoms with Gasteiger partial charge in [0, 0.05) is 0 Å². The molecule has 0 amide bonds. The van der Waals surface area contributed by atoms with Crippen molar-refractivity contribution in [1.82, 2.24) is 0 Å². The zero-order valence-corrected chi connectivity index (χ0v) is 9.36. The van der Waals surface area contributed by atoms with Crippen LogP contribution in [0.15, 0.2) is 35.5 Å². The van der Waals surface area contributed by atoms with Crippen molar-refractivity contribution in [2.45, 2.75) is 44.6 Å². The van der Waals surface area contributed by atoms with Gasteiger partial charge in [-0.2, -0.15) is 0 Å². The van der Waals surface area contributed by atoms with E-state index in [2.05, 4.69) is 13.5 Å². The van der Waals surface area contributed by atoms with E-state index >= 15 is 0 Å². The van der Waals surface area contributed by atoms with Crippen molar-refractivity contribution in [2.75, 3.05) is 0 Å². The lowest BCUT2D eigenvalue weighted by Crippen LogP contribution is -2.16. The minimum absolute atomic E-state index is 0.0724. The Morgan fingerprint density at radius 2 is 2.33 bits per heavy atom. The quantitative estimate of drug-likeness (QED) is 0.549. The van der Waals surface area contributed by atoms with Gasteiger partial charge in [0.1, 0.15) is 5.76 Å². The van der Waals surface area contributed by atoms with Crippen molar-refractivity contribution in [2.24, 2.45) is 0 Å². The topological polar surface area (TPSA) is 33.4 Å². The van der Waals surface area contributed by atoms with Gasteiger partial charge in [0.05, 0.1) is 18.3 Å². The maximum Gasteiger partial charge on any atom is 0.113 e. The fraction of sp³-hybridized carbons (Fsp3) is 0.538. The molecule has 2 nitrogen and oxygen atoms in total. The first-order valence-electron chi connectivity index (χ1n) is 5.63. The van der Waals surface area contributed by atoms with Crippen LogP contribution in [0.5, 0.6) is 0 Å². The maximum absolute atomic E-state index is 9.98. The van der Waals surface area contributed by atoms with Gasteiger partial charge < -0.3 is 9.52 Å². The molecule has 1 rings (SSSR count). The number of aliphatic hydroxyl groups is 1. The van der Waals surface area contributed by atoms with Crippen molar-refractivity contribution in [3.63, 3.8) is 0 Å². The summed E-state index contributed by atoms with van der Waals surface area (Å²) in [5.41, 5.74) is 0. The predicted octanol–water partition coefficient (Wildman–Crippen LogP) is 3.49. The van der Waals surface area contributed by atoms with Crippen molar-refractivity contribution in [3.8, 4) is 0 Å². The molecule has 1 aromatic rings. The summed E-state index contributed by atoms with van der Waals surface area (Å²) < 4.78 is 5.28. The van der Waals surface area contributed by atoms with Gasteiger partial charge >= 0.3 is 0 Å². The molecule has 1 aromatic heterocycles. The zero-order valence-electron chi connectivity index (χ0n) is 9.36. The molecule has 0 fully saturated rings. The molecule has 0 radical (unpaired) electrons. The van der Waals surface area contributed by atoms with Crippen LogP contribution in [0, 0.1) is 0 Å². The van der Waals surface area contributed by atoms with Crippen molar-refractivity contribution >= 4 is 0 Å². The molecular formula is C13H20O2. The van der Waals surface area contributed by atoms with E-state index in [4.69, 9.17) is 4.42 Å². The molecule has 0 saturated carbocycles. The van der Waals surface area contributed by atoms with Gasteiger partial charge in [-0.25, -0.2) is 0 Å². The summed E-state index contributed by atoms with van der Waals surface area (Å²) in [5.74, 6) is 0.728. The summed E-state index contributed by atoms with van der Waals surface area (Å²) in [5, 5.41) is 9.98. The summed E-state index contributed by atoms with van der Waals surface area (Å²) in [6.07, 6.45) is 7.22. The number of unbranched alkanes of at least 4 members (excludes halogenated alkanes) is 2. The zero-order chi connectivity index (χ0) is 11.1. The molecule has 0 bridgehead atoms. The van der Waals surface area contributed by atoms with E-state index in [1.54, 1.807) is 12.3 Å². The Labute approximate surface area is 91.6 Å². The highest BCUT2D eigenvalue weighted by atomic mass is 16.3. The third-order valence-electron chi connectivity index (χ3n) is 2.64. The maximum atomic E-state index is 9.98. The van der Waals surface area contributed by atoms with Gasteiger partial charge in [0.25, 0.3) is 0 Å². The lowest BCUT2D eigenvalue weighted by Gasteiger charge is -2.17. The van der Waals surface area contributed by atoms with E-state index < -0.39 is 0 Å². The molecule has 2 atom stereocenters. The lowest BCUT2D eigenvalue weighted by molar-refractivity contribution is 0.137. The molecule has 1 N–H and O–H groups in total. The highest BCUT2D eigenvalue weighted by Gasteiger charge is 2.19. The molecule has 1 heterocycles. The Morgan fingerprint density at radius 1 is 1.53 bits per heavy atom. The monoisotopic (exact) mass is 208 g/mol. The van der Waals surface area contributed by atoms with E-state index in [9.17, 15) is 5.11 Å². The first-order valence-corrected chi connectivity index (χ1v) is 5.63. The van der Waals surface area contributed by atoms with E-state index in [0.717, 1.165) is 18.6 Å². The first-order chi connectivity index (χ1) is 7.29. The van der Waals surface area contributed by atoms with Crippen LogP contribution in [-0.4, -0.2) is 11.2 Å². The second-order valence-corrected chi connectivity index (χ2v) is 3.84. The SMILES string of the molecule is C=C[C@H](c1ccco1)[C@H](O)CCCCC. The average Bonchev–Trinajstić information content (AvgIpc) is 2.73. The van der Waals surface area contributed by atoms with Crippen LogP contribution in [0.3, 0.4) is 0 Å². The minimum atomic E-state index is -0.375. The number of hydrogen-bond acceptors (Lipinski definition) is 2. The molecule has 0 aromatic carbocycles. The molecule has 0 aliphatic rings. The molecule has 2 heteroatoms. The normalized spacial score (nSPS) is 14.8. The van der Waals surface area contributed by atoms with Gasteiger partial charge in [0.2, 0.25) is 0 Å². The Hall–Kier alpha value is -1.02. The predicted molar refractivity (Wildman–Crippen MR) is 61.8 cm³/mol. The molecule has 0 saturated heterocycles. The van der Waals surface area contributed by atoms with Crippen LogP contribution in [0.2, 0.25) is 0 Å². The number of furan rings is 1. The van der Waals surface area contributed by atoms with Crippen molar-refractivity contribution < 1.29 is 9.52 Å². The standard InChI is InChI=1S/C13H20O2/c1-3-5-6-8-12(14)11(4-2)13-9-7-10-15-13/h4,7,9-12,14H,2-3,5-6,8H2,1H3/t11-,12+/m0/s1. The number of aliphatic hydroxyl groups excluding tert-OH is 1. The second-order valence-electron chi connectivity index (χ2n) is 3.84. The Morgan fingerprint density at radius 3 is 2.87 bits per heavy atom. The first kappa shape index (κ1) is 12.1. The summed E-state index contributed by atoms with van der Waals surface area (Å²) in [7, 11) is 0. The van der Waals surface area contributed by atoms with Crippen LogP contribution >= 0.6 is 0 Å². The third-order valence-corrected chi connectivity index (χ3v) is 2.64. The fourth-order valence-electron chi connectivity index (χ4n) is 1.73. The molecule has 15 heavy (non-hydrogen) atoms. The third kappa shape index (κ3) is 3.56. The minimum Gasteiger partial charge on any atom is -0.469 e. The summed E-state index contributed by atoms with van der Waals surface area (Å²) in [6.45, 7) is 5.90. The second kappa shape index (κ2) is 6.46. The fourth-order valence-corrected chi connectivity index (χ4v) is 1.73. The highest BCUT2D eigenvalue weighted by Crippen LogP contribution is 2.24. The largest absolute Gasteiger partial charge is 0.469 e. The number of hydrogen-bond donors (Lipinski definition) is 1. The molecule has 0 unspecified atom stereocenters. The van der Waals surface area contributed by atoms with E-state index in [1.807, 2.05) is 12.1 Å². The molecule has 84 valence electrons. The summed E-state index contributed by atoms with van der Waals surface area (Å²) in [6, 6.07) is 3.72. The Kier molecular flexibility index (Phi) is 5.19. The van der Waals surface area contributed by atoms with E-state index in [-0.39, 0.29) is 12.0 Å². The van der Waals surface area contributed by atoms with Crippen LogP contribution in [0.1, 0.15) is 44.3 Å². The molecule has 0 aliphatic heterocycles. The van der Waals surface area contributed by atoms with Crippen LogP contribution in [0.25, 0.3) is 0 Å². The van der Waals surface area contributed by atoms with Gasteiger partial charge in [-0.1, -0.05) is 32.3 Å². The smallest absolute Gasteiger partial charge is 0.113 e. The van der Waals surface area contributed by atoms with Gasteiger partial charge in [-0.15, -0.1) is 6.58 Å². The van der Waals surface area contributed by atoms with Crippen LogP contribution in [-0.2, 0) is 0 Å². The van der Waals surface area contributed by atoms with Crippen LogP contribution in [0.4, 0.5) is 0 Å². The molecule has 0 aliphatic carbocycles. The lowest BCUT2D eigenvalue weighted by atomic mass is 9.95. The summed E-state index contributed by atoms with van der Waals surface area (Å²) in [4.78, 5) is 0. The van der Waals surface area contributed by atoms with Gasteiger partial charge in [-0.05, 0) is 18.6 Å². The Balaban J connectivity index is 2.48. The summed E-state index contributed by atoms with van der Waals surface area (Å²) >= 11 is 0. The Bertz CT molecular complexity index is 264. The van der Waals surface area contributed by atoms with Crippen molar-refractivity contribution in [1.29, 1.82) is 0 Å². The number of rotatable bonds is 7. The highest BCUT2D eigenvalue weighted by molar-refractivity contribution is 5.13. The van der Waals surface area contributed by atoms with E-state index in [1.165, 1.54) is 12.8 Å². The van der Waals surface area contributed by atoms with Gasteiger partial charge in [0.15, 0.2) is 0 Å². The van der Waals surface area contributed by atoms with Crippen LogP contribution < -0.4 is 0 Å². The molecular weight excluding hydrogens is 188 g/mol. The van der Waals surface area contributed by atoms with Crippen molar-refractivity contribution in [3.05, 3.63) is 36.8 Å². The molecule has 0 spiro atoms. The average molecular weight is 208 g/mol. The van der Waals surface area contributed by atoms with E-state index in [0.29, 0.717) is 0 Å². The van der Waals surface area contributed by atoms with Gasteiger partial charge in [-0.3, -0.25) is 0 Å².